The summed E-state index contributed by atoms with van der Waals surface area (Å²) in [7, 11) is 0. The first-order chi connectivity index (χ1) is 28.2. The van der Waals surface area contributed by atoms with Gasteiger partial charge in [-0.05, 0) is 97.4 Å². The zero-order valence-corrected chi connectivity index (χ0v) is 30.8. The second kappa shape index (κ2) is 13.6. The predicted octanol–water partition coefficient (Wildman–Crippen LogP) is 14.1. The summed E-state index contributed by atoms with van der Waals surface area (Å²) in [6, 6.07) is 69.9. The summed E-state index contributed by atoms with van der Waals surface area (Å²) in [5, 5.41) is 6.73. The van der Waals surface area contributed by atoms with Crippen LogP contribution >= 0.6 is 0 Å². The van der Waals surface area contributed by atoms with Crippen LogP contribution in [0.1, 0.15) is 0 Å². The zero-order chi connectivity index (χ0) is 37.7. The van der Waals surface area contributed by atoms with Crippen LogP contribution in [-0.4, -0.2) is 15.0 Å². The average molecular weight is 728 g/mol. The Morgan fingerprint density at radius 3 is 1.46 bits per heavy atom. The number of hydrogen-bond acceptors (Lipinski definition) is 4. The molecule has 2 aromatic heterocycles. The predicted molar refractivity (Wildman–Crippen MR) is 235 cm³/mol. The lowest BCUT2D eigenvalue weighted by molar-refractivity contribution is 0.669. The number of aromatic nitrogens is 3. The van der Waals surface area contributed by atoms with Crippen LogP contribution in [0.2, 0.25) is 0 Å². The van der Waals surface area contributed by atoms with Gasteiger partial charge in [0.15, 0.2) is 17.5 Å². The molecular weight excluding hydrogens is 695 g/mol. The summed E-state index contributed by atoms with van der Waals surface area (Å²) < 4.78 is 6.48. The van der Waals surface area contributed by atoms with E-state index < -0.39 is 0 Å². The highest BCUT2D eigenvalue weighted by atomic mass is 16.3. The van der Waals surface area contributed by atoms with Crippen molar-refractivity contribution in [2.24, 2.45) is 0 Å². The third kappa shape index (κ3) is 5.83. The highest BCUT2D eigenvalue weighted by Crippen LogP contribution is 2.42. The molecule has 0 spiro atoms. The van der Waals surface area contributed by atoms with Crippen LogP contribution in [0.5, 0.6) is 0 Å². The van der Waals surface area contributed by atoms with Crippen molar-refractivity contribution >= 4 is 43.5 Å². The molecule has 2 heterocycles. The number of furan rings is 1. The van der Waals surface area contributed by atoms with Gasteiger partial charge in [-0.15, -0.1) is 0 Å². The maximum atomic E-state index is 6.48. The van der Waals surface area contributed by atoms with Crippen LogP contribution in [0.3, 0.4) is 0 Å². The molecule has 0 atom stereocenters. The topological polar surface area (TPSA) is 51.8 Å². The lowest BCUT2D eigenvalue weighted by Crippen LogP contribution is -2.01. The van der Waals surface area contributed by atoms with Crippen LogP contribution in [-0.2, 0) is 0 Å². The third-order valence-electron chi connectivity index (χ3n) is 10.9. The van der Waals surface area contributed by atoms with E-state index in [2.05, 4.69) is 170 Å². The van der Waals surface area contributed by atoms with Gasteiger partial charge in [0.2, 0.25) is 0 Å². The zero-order valence-electron chi connectivity index (χ0n) is 30.8. The van der Waals surface area contributed by atoms with Gasteiger partial charge in [0.25, 0.3) is 0 Å². The number of benzene rings is 9. The van der Waals surface area contributed by atoms with Gasteiger partial charge in [0.05, 0.1) is 0 Å². The van der Waals surface area contributed by atoms with Gasteiger partial charge >= 0.3 is 0 Å². The molecule has 0 aliphatic heterocycles. The minimum absolute atomic E-state index is 0.615. The van der Waals surface area contributed by atoms with Crippen molar-refractivity contribution in [3.05, 3.63) is 200 Å². The Kier molecular flexibility index (Phi) is 7.78. The molecule has 0 aliphatic rings. The van der Waals surface area contributed by atoms with Gasteiger partial charge in [-0.25, -0.2) is 15.0 Å². The first kappa shape index (κ1) is 32.7. The molecule has 11 aromatic rings. The molecule has 4 heteroatoms. The minimum atomic E-state index is 0.615. The summed E-state index contributed by atoms with van der Waals surface area (Å²) in [5.41, 5.74) is 11.2. The van der Waals surface area contributed by atoms with Gasteiger partial charge in [-0.1, -0.05) is 158 Å². The molecule has 0 fully saturated rings. The third-order valence-corrected chi connectivity index (χ3v) is 10.9. The van der Waals surface area contributed by atoms with E-state index in [-0.39, 0.29) is 0 Å². The monoisotopic (exact) mass is 727 g/mol. The summed E-state index contributed by atoms with van der Waals surface area (Å²) in [5.74, 6) is 1.85. The van der Waals surface area contributed by atoms with E-state index in [9.17, 15) is 0 Å². The van der Waals surface area contributed by atoms with Crippen molar-refractivity contribution in [2.45, 2.75) is 0 Å². The Balaban J connectivity index is 1.12. The van der Waals surface area contributed by atoms with Gasteiger partial charge in [0.1, 0.15) is 11.2 Å². The maximum Gasteiger partial charge on any atom is 0.164 e. The standard InChI is InChI=1S/C53H33N3O/c1-4-15-34(16-5-1)39-29-40(35-17-6-2-7-18-35)31-41(30-39)52-54-51(36-19-8-3-9-20-36)55-53(56-52)46-28-27-44(42-23-12-13-24-43(42)46)45-25-14-26-48-50(45)47-32-37-21-10-11-22-38(37)33-49(47)57-48/h1-33H. The molecule has 0 saturated heterocycles. The van der Waals surface area contributed by atoms with E-state index in [1.165, 1.54) is 5.39 Å². The molecule has 9 aromatic carbocycles. The van der Waals surface area contributed by atoms with E-state index in [1.807, 2.05) is 30.3 Å². The molecule has 11 rings (SSSR count). The first-order valence-electron chi connectivity index (χ1n) is 19.2. The highest BCUT2D eigenvalue weighted by Gasteiger charge is 2.20. The molecule has 0 N–H and O–H groups in total. The van der Waals surface area contributed by atoms with E-state index in [1.54, 1.807) is 0 Å². The van der Waals surface area contributed by atoms with E-state index >= 15 is 0 Å². The molecule has 57 heavy (non-hydrogen) atoms. The number of rotatable bonds is 6. The average Bonchev–Trinajstić information content (AvgIpc) is 3.66. The van der Waals surface area contributed by atoms with Crippen LogP contribution in [0, 0.1) is 0 Å². The van der Waals surface area contributed by atoms with E-state index in [0.717, 1.165) is 88.2 Å². The Labute approximate surface area is 329 Å². The second-order valence-corrected chi connectivity index (χ2v) is 14.4. The van der Waals surface area contributed by atoms with E-state index in [0.29, 0.717) is 17.5 Å². The molecule has 0 unspecified atom stereocenters. The van der Waals surface area contributed by atoms with Crippen molar-refractivity contribution < 1.29 is 4.42 Å². The molecule has 0 radical (unpaired) electrons. The molecule has 4 nitrogen and oxygen atoms in total. The largest absolute Gasteiger partial charge is 0.456 e. The van der Waals surface area contributed by atoms with Gasteiger partial charge in [0, 0.05) is 27.5 Å². The van der Waals surface area contributed by atoms with Crippen molar-refractivity contribution in [1.29, 1.82) is 0 Å². The maximum absolute atomic E-state index is 6.48. The lowest BCUT2D eigenvalue weighted by atomic mass is 9.92. The first-order valence-corrected chi connectivity index (χ1v) is 19.2. The quantitative estimate of drug-likeness (QED) is 0.171. The van der Waals surface area contributed by atoms with Crippen molar-refractivity contribution in [1.82, 2.24) is 15.0 Å². The fourth-order valence-corrected chi connectivity index (χ4v) is 8.16. The highest BCUT2D eigenvalue weighted by molar-refractivity contribution is 6.18. The lowest BCUT2D eigenvalue weighted by Gasteiger charge is -2.14. The van der Waals surface area contributed by atoms with Crippen LogP contribution < -0.4 is 0 Å². The van der Waals surface area contributed by atoms with Gasteiger partial charge < -0.3 is 4.42 Å². The second-order valence-electron chi connectivity index (χ2n) is 14.4. The number of fused-ring (bicyclic) bond motifs is 5. The van der Waals surface area contributed by atoms with Crippen molar-refractivity contribution in [3.63, 3.8) is 0 Å². The molecule has 0 bridgehead atoms. The van der Waals surface area contributed by atoms with Crippen LogP contribution in [0.25, 0.3) is 111 Å². The fraction of sp³-hybridized carbons (Fsp3) is 0. The van der Waals surface area contributed by atoms with Crippen LogP contribution in [0.4, 0.5) is 0 Å². The van der Waals surface area contributed by atoms with Gasteiger partial charge in [-0.2, -0.15) is 0 Å². The molecule has 0 amide bonds. The van der Waals surface area contributed by atoms with Crippen molar-refractivity contribution in [2.75, 3.05) is 0 Å². The molecule has 0 aliphatic carbocycles. The normalized spacial score (nSPS) is 11.5. The molecule has 266 valence electrons. The summed E-state index contributed by atoms with van der Waals surface area (Å²) in [6.07, 6.45) is 0. The Bertz CT molecular complexity index is 3220. The fourth-order valence-electron chi connectivity index (χ4n) is 8.16. The van der Waals surface area contributed by atoms with Gasteiger partial charge in [-0.3, -0.25) is 0 Å². The number of nitrogens with zero attached hydrogens (tertiary/aromatic N) is 3. The molecule has 0 saturated carbocycles. The Morgan fingerprint density at radius 2 is 0.789 bits per heavy atom. The minimum Gasteiger partial charge on any atom is -0.456 e. The number of hydrogen-bond donors (Lipinski definition) is 0. The summed E-state index contributed by atoms with van der Waals surface area (Å²) in [4.78, 5) is 15.6. The summed E-state index contributed by atoms with van der Waals surface area (Å²) in [6.45, 7) is 0. The van der Waals surface area contributed by atoms with Crippen LogP contribution in [0.15, 0.2) is 205 Å². The SMILES string of the molecule is c1ccc(-c2cc(-c3ccccc3)cc(-c3nc(-c4ccccc4)nc(-c4ccc(-c5cccc6oc7cc8ccccc8cc7c56)c5ccccc45)n3)c2)cc1. The Morgan fingerprint density at radius 1 is 0.281 bits per heavy atom. The van der Waals surface area contributed by atoms with Crippen molar-refractivity contribution in [3.8, 4) is 67.5 Å². The summed E-state index contributed by atoms with van der Waals surface area (Å²) >= 11 is 0. The Hall–Kier alpha value is -7.69. The molecular formula is C53H33N3O. The van der Waals surface area contributed by atoms with E-state index in [4.69, 9.17) is 19.4 Å². The smallest absolute Gasteiger partial charge is 0.164 e.